The van der Waals surface area contributed by atoms with Gasteiger partial charge in [-0.1, -0.05) is 19.1 Å². The molecule has 0 bridgehead atoms. The van der Waals surface area contributed by atoms with Crippen LogP contribution in [0.1, 0.15) is 46.9 Å². The third-order valence-corrected chi connectivity index (χ3v) is 4.99. The second kappa shape index (κ2) is 8.32. The second-order valence-electron chi connectivity index (χ2n) is 7.32. The minimum Gasteiger partial charge on any atom is -0.362 e. The highest BCUT2D eigenvalue weighted by Crippen LogP contribution is 2.23. The predicted molar refractivity (Wildman–Crippen MR) is 119 cm³/mol. The molecule has 1 amide bonds. The SMILES string of the molecule is CCc1c[nH]c2ncc(N[C@@H](C)c3cccc(NC(=O)c4cncc(C)c4)c3)nc12. The third kappa shape index (κ3) is 4.15. The molecule has 3 aromatic heterocycles. The van der Waals surface area contributed by atoms with Crippen LogP contribution in [0.5, 0.6) is 0 Å². The van der Waals surface area contributed by atoms with Gasteiger partial charge in [0.05, 0.1) is 17.8 Å². The highest BCUT2D eigenvalue weighted by Gasteiger charge is 2.12. The first-order valence-electron chi connectivity index (χ1n) is 9.96. The Bertz CT molecular complexity index is 1200. The molecule has 3 N–H and O–H groups in total. The van der Waals surface area contributed by atoms with Gasteiger partial charge in [0, 0.05) is 24.3 Å². The van der Waals surface area contributed by atoms with E-state index in [1.54, 1.807) is 18.6 Å². The van der Waals surface area contributed by atoms with Crippen molar-refractivity contribution in [1.82, 2.24) is 19.9 Å². The summed E-state index contributed by atoms with van der Waals surface area (Å²) in [6.45, 7) is 6.06. The number of hydrogen-bond acceptors (Lipinski definition) is 5. The third-order valence-electron chi connectivity index (χ3n) is 4.99. The summed E-state index contributed by atoms with van der Waals surface area (Å²) in [7, 11) is 0. The molecule has 0 saturated carbocycles. The number of carbonyl (C=O) groups excluding carboxylic acids is 1. The number of aromatic nitrogens is 4. The lowest BCUT2D eigenvalue weighted by Gasteiger charge is -2.16. The van der Waals surface area contributed by atoms with Gasteiger partial charge >= 0.3 is 0 Å². The van der Waals surface area contributed by atoms with Gasteiger partial charge in [-0.15, -0.1) is 0 Å². The van der Waals surface area contributed by atoms with Crippen LogP contribution in [0.2, 0.25) is 0 Å². The van der Waals surface area contributed by atoms with Crippen LogP contribution in [-0.4, -0.2) is 25.8 Å². The van der Waals surface area contributed by atoms with Crippen LogP contribution >= 0.6 is 0 Å². The Morgan fingerprint density at radius 3 is 2.87 bits per heavy atom. The summed E-state index contributed by atoms with van der Waals surface area (Å²) < 4.78 is 0. The summed E-state index contributed by atoms with van der Waals surface area (Å²) in [5, 5.41) is 6.34. The normalized spacial score (nSPS) is 12.0. The maximum absolute atomic E-state index is 12.5. The molecule has 0 spiro atoms. The van der Waals surface area contributed by atoms with Crippen molar-refractivity contribution in [2.75, 3.05) is 10.6 Å². The number of hydrogen-bond donors (Lipinski definition) is 3. The van der Waals surface area contributed by atoms with E-state index in [4.69, 9.17) is 4.98 Å². The molecule has 0 unspecified atom stereocenters. The van der Waals surface area contributed by atoms with Crippen LogP contribution < -0.4 is 10.6 Å². The summed E-state index contributed by atoms with van der Waals surface area (Å²) >= 11 is 0. The summed E-state index contributed by atoms with van der Waals surface area (Å²) in [6.07, 6.45) is 7.86. The van der Waals surface area contributed by atoms with Gasteiger partial charge in [0.15, 0.2) is 5.65 Å². The Hall–Kier alpha value is -3.74. The van der Waals surface area contributed by atoms with Crippen molar-refractivity contribution in [2.24, 2.45) is 0 Å². The van der Waals surface area contributed by atoms with Crippen molar-refractivity contribution in [3.05, 3.63) is 77.4 Å². The average Bonchev–Trinajstić information content (AvgIpc) is 3.16. The zero-order valence-corrected chi connectivity index (χ0v) is 17.2. The molecule has 1 atom stereocenters. The fourth-order valence-corrected chi connectivity index (χ4v) is 3.35. The number of amides is 1. The number of aromatic amines is 1. The Balaban J connectivity index is 1.49. The number of pyridine rings is 1. The minimum absolute atomic E-state index is 0.0155. The first-order chi connectivity index (χ1) is 14.5. The van der Waals surface area contributed by atoms with Crippen molar-refractivity contribution in [1.29, 1.82) is 0 Å². The standard InChI is InChI=1S/C23H24N6O/c1-4-16-12-25-22-21(16)29-20(13-26-22)27-15(3)17-6-5-7-19(9-17)28-23(30)18-8-14(2)10-24-11-18/h5-13,15H,4H2,1-3H3,(H,25,26)(H,27,29)(H,28,30)/t15-/m0/s1. The van der Waals surface area contributed by atoms with Crippen molar-refractivity contribution >= 4 is 28.6 Å². The van der Waals surface area contributed by atoms with E-state index < -0.39 is 0 Å². The zero-order chi connectivity index (χ0) is 21.1. The molecule has 3 heterocycles. The van der Waals surface area contributed by atoms with Crippen LogP contribution in [0, 0.1) is 6.92 Å². The van der Waals surface area contributed by atoms with Crippen molar-refractivity contribution in [3.8, 4) is 0 Å². The number of aryl methyl sites for hydroxylation is 2. The van der Waals surface area contributed by atoms with E-state index in [1.807, 2.05) is 43.5 Å². The smallest absolute Gasteiger partial charge is 0.257 e. The molecule has 7 nitrogen and oxygen atoms in total. The molecule has 0 saturated heterocycles. The molecular weight excluding hydrogens is 376 g/mol. The van der Waals surface area contributed by atoms with Gasteiger partial charge in [-0.3, -0.25) is 9.78 Å². The Labute approximate surface area is 175 Å². The van der Waals surface area contributed by atoms with Crippen molar-refractivity contribution in [2.45, 2.75) is 33.2 Å². The Kier molecular flexibility index (Phi) is 5.43. The molecule has 30 heavy (non-hydrogen) atoms. The molecule has 0 fully saturated rings. The van der Waals surface area contributed by atoms with E-state index in [0.29, 0.717) is 11.4 Å². The maximum atomic E-state index is 12.5. The molecule has 7 heteroatoms. The fourth-order valence-electron chi connectivity index (χ4n) is 3.35. The van der Waals surface area contributed by atoms with E-state index >= 15 is 0 Å². The number of benzene rings is 1. The number of nitrogens with one attached hydrogen (secondary N) is 3. The molecule has 0 aliphatic carbocycles. The van der Waals surface area contributed by atoms with E-state index in [9.17, 15) is 4.79 Å². The Morgan fingerprint density at radius 2 is 2.07 bits per heavy atom. The van der Waals surface area contributed by atoms with Crippen molar-refractivity contribution in [3.63, 3.8) is 0 Å². The van der Waals surface area contributed by atoms with Gasteiger partial charge < -0.3 is 15.6 Å². The highest BCUT2D eigenvalue weighted by molar-refractivity contribution is 6.04. The van der Waals surface area contributed by atoms with Gasteiger partial charge in [-0.25, -0.2) is 9.97 Å². The molecule has 4 rings (SSSR count). The lowest BCUT2D eigenvalue weighted by Crippen LogP contribution is -2.13. The van der Waals surface area contributed by atoms with Crippen molar-refractivity contribution < 1.29 is 4.79 Å². The molecular formula is C23H24N6O. The minimum atomic E-state index is -0.181. The van der Waals surface area contributed by atoms with Gasteiger partial charge in [0.25, 0.3) is 5.91 Å². The zero-order valence-electron chi connectivity index (χ0n) is 17.2. The quantitative estimate of drug-likeness (QED) is 0.438. The van der Waals surface area contributed by atoms with Crippen LogP contribution in [-0.2, 0) is 6.42 Å². The second-order valence-corrected chi connectivity index (χ2v) is 7.32. The monoisotopic (exact) mass is 400 g/mol. The molecule has 4 aromatic rings. The topological polar surface area (TPSA) is 95.6 Å². The van der Waals surface area contributed by atoms with E-state index in [0.717, 1.165) is 40.0 Å². The first-order valence-corrected chi connectivity index (χ1v) is 9.96. The van der Waals surface area contributed by atoms with Gasteiger partial charge in [-0.05, 0) is 55.2 Å². The summed E-state index contributed by atoms with van der Waals surface area (Å²) in [6, 6.07) is 9.57. The van der Waals surface area contributed by atoms with E-state index in [1.165, 1.54) is 0 Å². The molecule has 0 aliphatic rings. The van der Waals surface area contributed by atoms with Crippen LogP contribution in [0.4, 0.5) is 11.5 Å². The van der Waals surface area contributed by atoms with Crippen LogP contribution in [0.3, 0.4) is 0 Å². The number of anilines is 2. The number of rotatable bonds is 6. The lowest BCUT2D eigenvalue weighted by atomic mass is 10.1. The van der Waals surface area contributed by atoms with Crippen LogP contribution in [0.25, 0.3) is 11.2 Å². The maximum Gasteiger partial charge on any atom is 0.257 e. The fraction of sp³-hybridized carbons (Fsp3) is 0.217. The number of nitrogens with zero attached hydrogens (tertiary/aromatic N) is 3. The molecule has 0 radical (unpaired) electrons. The Morgan fingerprint density at radius 1 is 1.20 bits per heavy atom. The van der Waals surface area contributed by atoms with E-state index in [2.05, 4.69) is 39.4 Å². The largest absolute Gasteiger partial charge is 0.362 e. The van der Waals surface area contributed by atoms with Crippen LogP contribution in [0.15, 0.2) is 55.1 Å². The predicted octanol–water partition coefficient (Wildman–Crippen LogP) is 4.65. The van der Waals surface area contributed by atoms with Gasteiger partial charge in [0.2, 0.25) is 0 Å². The average molecular weight is 400 g/mol. The van der Waals surface area contributed by atoms with E-state index in [-0.39, 0.29) is 11.9 Å². The highest BCUT2D eigenvalue weighted by atomic mass is 16.1. The summed E-state index contributed by atoms with van der Waals surface area (Å²) in [5.41, 5.74) is 6.07. The summed E-state index contributed by atoms with van der Waals surface area (Å²) in [5.74, 6) is 0.532. The molecule has 0 aliphatic heterocycles. The number of H-pyrrole nitrogens is 1. The lowest BCUT2D eigenvalue weighted by molar-refractivity contribution is 0.102. The molecule has 152 valence electrons. The summed E-state index contributed by atoms with van der Waals surface area (Å²) in [4.78, 5) is 28.9. The van der Waals surface area contributed by atoms with Gasteiger partial charge in [0.1, 0.15) is 11.3 Å². The molecule has 1 aromatic carbocycles. The first kappa shape index (κ1) is 19.6. The van der Waals surface area contributed by atoms with Gasteiger partial charge in [-0.2, -0.15) is 0 Å². The number of carbonyl (C=O) groups is 1. The number of fused-ring (bicyclic) bond motifs is 1.